The minimum atomic E-state index is -4.35. The SMILES string of the molecule is NC(=O)c1ccc(S(=O)(=O)N[C@H](C=O)CC(=O)O)c(OCCc2cccc3ncccc23)c1. The number of amides is 1. The van der Waals surface area contributed by atoms with Crippen LogP contribution in [-0.2, 0) is 26.0 Å². The number of ether oxygens (including phenoxy) is 1. The molecule has 0 bridgehead atoms. The Kier molecular flexibility index (Phi) is 7.36. The molecule has 172 valence electrons. The van der Waals surface area contributed by atoms with Crippen LogP contribution in [0.2, 0.25) is 0 Å². The van der Waals surface area contributed by atoms with Gasteiger partial charge in [-0.25, -0.2) is 13.1 Å². The number of pyridine rings is 1. The average molecular weight is 471 g/mol. The number of rotatable bonds is 11. The summed E-state index contributed by atoms with van der Waals surface area (Å²) in [6.45, 7) is 0.0605. The van der Waals surface area contributed by atoms with Gasteiger partial charge in [0.25, 0.3) is 0 Å². The number of carboxylic acids is 1. The van der Waals surface area contributed by atoms with Gasteiger partial charge < -0.3 is 20.4 Å². The maximum absolute atomic E-state index is 12.8. The van der Waals surface area contributed by atoms with Gasteiger partial charge in [0.15, 0.2) is 0 Å². The highest BCUT2D eigenvalue weighted by Crippen LogP contribution is 2.26. The van der Waals surface area contributed by atoms with E-state index in [0.717, 1.165) is 22.5 Å². The number of aldehydes is 1. The second kappa shape index (κ2) is 10.2. The Morgan fingerprint density at radius 3 is 2.67 bits per heavy atom. The lowest BCUT2D eigenvalue weighted by molar-refractivity contribution is -0.138. The van der Waals surface area contributed by atoms with Crippen molar-refractivity contribution in [2.24, 2.45) is 5.73 Å². The molecule has 4 N–H and O–H groups in total. The first-order chi connectivity index (χ1) is 15.7. The highest BCUT2D eigenvalue weighted by Gasteiger charge is 2.26. The van der Waals surface area contributed by atoms with E-state index in [-0.39, 0.29) is 29.1 Å². The third-order valence-corrected chi connectivity index (χ3v) is 6.28. The smallest absolute Gasteiger partial charge is 0.305 e. The number of nitrogens with two attached hydrogens (primary N) is 1. The number of primary amides is 1. The molecular weight excluding hydrogens is 450 g/mol. The van der Waals surface area contributed by atoms with Gasteiger partial charge >= 0.3 is 5.97 Å². The Bertz CT molecular complexity index is 1300. The minimum Gasteiger partial charge on any atom is -0.492 e. The maximum atomic E-state index is 12.8. The van der Waals surface area contributed by atoms with Gasteiger partial charge in [0.1, 0.15) is 16.9 Å². The Morgan fingerprint density at radius 2 is 1.97 bits per heavy atom. The highest BCUT2D eigenvalue weighted by molar-refractivity contribution is 7.89. The van der Waals surface area contributed by atoms with Gasteiger partial charge in [-0.05, 0) is 35.9 Å². The predicted molar refractivity (Wildman–Crippen MR) is 118 cm³/mol. The largest absolute Gasteiger partial charge is 0.492 e. The van der Waals surface area contributed by atoms with Crippen LogP contribution in [-0.4, -0.2) is 49.3 Å². The van der Waals surface area contributed by atoms with Crippen LogP contribution in [0.25, 0.3) is 10.9 Å². The van der Waals surface area contributed by atoms with Crippen LogP contribution in [0.1, 0.15) is 22.3 Å². The molecule has 33 heavy (non-hydrogen) atoms. The zero-order valence-corrected chi connectivity index (χ0v) is 18.1. The van der Waals surface area contributed by atoms with E-state index < -0.39 is 34.4 Å². The fourth-order valence-corrected chi connectivity index (χ4v) is 4.51. The number of carbonyl (C=O) groups excluding carboxylic acids is 2. The first-order valence-electron chi connectivity index (χ1n) is 9.80. The standard InChI is InChI=1S/C22H21N3O7S/c23-22(29)15-6-7-20(33(30,31)25-16(13-26)12-21(27)28)19(11-15)32-10-8-14-3-1-5-18-17(14)4-2-9-24-18/h1-7,9,11,13,16,25H,8,10,12H2,(H2,23,29)(H,27,28)/t16-/m0/s1. The Balaban J connectivity index is 1.86. The van der Waals surface area contributed by atoms with Crippen molar-refractivity contribution in [2.45, 2.75) is 23.8 Å². The zero-order chi connectivity index (χ0) is 24.0. The van der Waals surface area contributed by atoms with Gasteiger partial charge in [-0.1, -0.05) is 18.2 Å². The number of aliphatic carboxylic acids is 1. The van der Waals surface area contributed by atoms with Crippen LogP contribution in [0.15, 0.2) is 59.6 Å². The molecule has 0 aliphatic rings. The molecule has 2 aromatic carbocycles. The molecule has 3 rings (SSSR count). The van der Waals surface area contributed by atoms with E-state index in [1.54, 1.807) is 12.3 Å². The molecular formula is C22H21N3O7S. The quantitative estimate of drug-likeness (QED) is 0.352. The summed E-state index contributed by atoms with van der Waals surface area (Å²) in [4.78, 5) is 37.5. The first kappa shape index (κ1) is 23.8. The average Bonchev–Trinajstić information content (AvgIpc) is 2.78. The summed E-state index contributed by atoms with van der Waals surface area (Å²) in [5.41, 5.74) is 7.06. The van der Waals surface area contributed by atoms with Gasteiger partial charge in [-0.3, -0.25) is 14.6 Å². The number of carbonyl (C=O) groups is 3. The third kappa shape index (κ3) is 5.90. The number of hydrogen-bond acceptors (Lipinski definition) is 7. The number of hydrogen-bond donors (Lipinski definition) is 3. The van der Waals surface area contributed by atoms with Crippen molar-refractivity contribution >= 4 is 39.1 Å². The van der Waals surface area contributed by atoms with E-state index in [0.29, 0.717) is 6.42 Å². The number of carboxylic acid groups (broad SMARTS) is 1. The summed E-state index contributed by atoms with van der Waals surface area (Å²) < 4.78 is 33.4. The number of fused-ring (bicyclic) bond motifs is 1. The van der Waals surface area contributed by atoms with Gasteiger partial charge in [-0.15, -0.1) is 0 Å². The number of sulfonamides is 1. The van der Waals surface area contributed by atoms with Crippen molar-refractivity contribution in [3.8, 4) is 5.75 Å². The Morgan fingerprint density at radius 1 is 1.18 bits per heavy atom. The monoisotopic (exact) mass is 471 g/mol. The molecule has 10 nitrogen and oxygen atoms in total. The lowest BCUT2D eigenvalue weighted by atomic mass is 10.1. The first-order valence-corrected chi connectivity index (χ1v) is 11.3. The lowest BCUT2D eigenvalue weighted by Crippen LogP contribution is -2.37. The lowest BCUT2D eigenvalue weighted by Gasteiger charge is -2.16. The zero-order valence-electron chi connectivity index (χ0n) is 17.3. The predicted octanol–water partition coefficient (Wildman–Crippen LogP) is 1.28. The fourth-order valence-electron chi connectivity index (χ4n) is 3.22. The van der Waals surface area contributed by atoms with Crippen molar-refractivity contribution in [1.29, 1.82) is 0 Å². The number of nitrogens with one attached hydrogen (secondary N) is 1. The summed E-state index contributed by atoms with van der Waals surface area (Å²) >= 11 is 0. The number of benzene rings is 2. The van der Waals surface area contributed by atoms with Crippen LogP contribution < -0.4 is 15.2 Å². The molecule has 0 saturated carbocycles. The van der Waals surface area contributed by atoms with Gasteiger partial charge in [0.2, 0.25) is 15.9 Å². The van der Waals surface area contributed by atoms with Crippen LogP contribution in [0.3, 0.4) is 0 Å². The highest BCUT2D eigenvalue weighted by atomic mass is 32.2. The molecule has 0 fully saturated rings. The van der Waals surface area contributed by atoms with Crippen molar-refractivity contribution in [2.75, 3.05) is 6.61 Å². The molecule has 1 atom stereocenters. The van der Waals surface area contributed by atoms with Crippen LogP contribution in [0.4, 0.5) is 0 Å². The molecule has 3 aromatic rings. The van der Waals surface area contributed by atoms with Crippen molar-refractivity contribution in [3.05, 3.63) is 65.9 Å². The molecule has 0 aliphatic heterocycles. The van der Waals surface area contributed by atoms with Crippen molar-refractivity contribution < 1.29 is 32.6 Å². The van der Waals surface area contributed by atoms with Crippen LogP contribution >= 0.6 is 0 Å². The molecule has 11 heteroatoms. The van der Waals surface area contributed by atoms with Crippen LogP contribution in [0.5, 0.6) is 5.75 Å². The minimum absolute atomic E-state index is 0.0239. The summed E-state index contributed by atoms with van der Waals surface area (Å²) in [6.07, 6.45) is 1.55. The Labute approximate surface area is 189 Å². The topological polar surface area (TPSA) is 166 Å². The van der Waals surface area contributed by atoms with Gasteiger partial charge in [-0.2, -0.15) is 0 Å². The van der Waals surface area contributed by atoms with Crippen molar-refractivity contribution in [3.63, 3.8) is 0 Å². The molecule has 0 aliphatic carbocycles. The number of nitrogens with zero attached hydrogens (tertiary/aromatic N) is 1. The van der Waals surface area contributed by atoms with E-state index in [9.17, 15) is 22.8 Å². The second-order valence-corrected chi connectivity index (χ2v) is 8.76. The molecule has 0 radical (unpaired) electrons. The summed E-state index contributed by atoms with van der Waals surface area (Å²) in [5, 5.41) is 9.78. The molecule has 1 amide bonds. The molecule has 0 unspecified atom stereocenters. The molecule has 1 aromatic heterocycles. The van der Waals surface area contributed by atoms with E-state index in [4.69, 9.17) is 15.6 Å². The van der Waals surface area contributed by atoms with Gasteiger partial charge in [0, 0.05) is 23.6 Å². The molecule has 0 saturated heterocycles. The molecule has 1 heterocycles. The summed E-state index contributed by atoms with van der Waals surface area (Å²) in [5.74, 6) is -2.29. The second-order valence-electron chi connectivity index (χ2n) is 7.07. The van der Waals surface area contributed by atoms with E-state index in [1.807, 2.05) is 29.0 Å². The summed E-state index contributed by atoms with van der Waals surface area (Å²) in [6, 6.07) is 11.4. The Hall–Kier alpha value is -3.83. The van der Waals surface area contributed by atoms with E-state index >= 15 is 0 Å². The molecule has 0 spiro atoms. The maximum Gasteiger partial charge on any atom is 0.305 e. The normalized spacial score (nSPS) is 12.2. The van der Waals surface area contributed by atoms with Gasteiger partial charge in [0.05, 0.1) is 24.6 Å². The third-order valence-electron chi connectivity index (χ3n) is 4.75. The van der Waals surface area contributed by atoms with E-state index in [1.165, 1.54) is 12.1 Å². The van der Waals surface area contributed by atoms with E-state index in [2.05, 4.69) is 4.98 Å². The number of aromatic nitrogens is 1. The summed E-state index contributed by atoms with van der Waals surface area (Å²) in [7, 11) is -4.35. The fraction of sp³-hybridized carbons (Fsp3) is 0.182. The van der Waals surface area contributed by atoms with Crippen molar-refractivity contribution in [1.82, 2.24) is 9.71 Å². The van der Waals surface area contributed by atoms with Crippen LogP contribution in [0, 0.1) is 0 Å².